The van der Waals surface area contributed by atoms with E-state index in [1.54, 1.807) is 18.6 Å². The van der Waals surface area contributed by atoms with E-state index in [0.717, 1.165) is 11.4 Å². The van der Waals surface area contributed by atoms with Crippen LogP contribution in [0.5, 0.6) is 0 Å². The third kappa shape index (κ3) is 2.63. The summed E-state index contributed by atoms with van der Waals surface area (Å²) < 4.78 is 1.89. The number of nitrogens with zero attached hydrogens (tertiary/aromatic N) is 2. The number of benzene rings is 1. The first-order valence-electron chi connectivity index (χ1n) is 5.16. The Labute approximate surface area is 110 Å². The fourth-order valence-electron chi connectivity index (χ4n) is 1.66. The van der Waals surface area contributed by atoms with Crippen LogP contribution in [0.15, 0.2) is 30.7 Å². The SMILES string of the molecule is CC(C)(N)c1cncn1-c1cc(Cl)cc(Cl)c1. The number of hydrogen-bond acceptors (Lipinski definition) is 2. The number of halogens is 2. The minimum Gasteiger partial charge on any atom is -0.321 e. The molecule has 1 heterocycles. The van der Waals surface area contributed by atoms with Gasteiger partial charge in [-0.15, -0.1) is 0 Å². The molecular weight excluding hydrogens is 257 g/mol. The van der Waals surface area contributed by atoms with Crippen LogP contribution in [-0.2, 0) is 5.54 Å². The van der Waals surface area contributed by atoms with Gasteiger partial charge in [-0.25, -0.2) is 4.98 Å². The number of hydrogen-bond donors (Lipinski definition) is 1. The Morgan fingerprint density at radius 1 is 1.18 bits per heavy atom. The predicted octanol–water partition coefficient (Wildman–Crippen LogP) is 3.37. The summed E-state index contributed by atoms with van der Waals surface area (Å²) in [7, 11) is 0. The number of aromatic nitrogens is 2. The van der Waals surface area contributed by atoms with Crippen LogP contribution in [0.2, 0.25) is 10.0 Å². The molecule has 1 aromatic heterocycles. The molecule has 0 aliphatic heterocycles. The van der Waals surface area contributed by atoms with Crippen molar-refractivity contribution < 1.29 is 0 Å². The highest BCUT2D eigenvalue weighted by Gasteiger charge is 2.19. The van der Waals surface area contributed by atoms with Crippen LogP contribution in [0.1, 0.15) is 19.5 Å². The minimum atomic E-state index is -0.481. The molecule has 0 saturated carbocycles. The smallest absolute Gasteiger partial charge is 0.0994 e. The lowest BCUT2D eigenvalue weighted by Gasteiger charge is -2.20. The molecule has 0 radical (unpaired) electrons. The molecule has 0 aliphatic rings. The van der Waals surface area contributed by atoms with Crippen molar-refractivity contribution in [1.82, 2.24) is 9.55 Å². The second kappa shape index (κ2) is 4.33. The molecule has 0 spiro atoms. The standard InChI is InChI=1S/C12H13Cl2N3/c1-12(2,15)11-6-16-7-17(11)10-4-8(13)3-9(14)5-10/h3-7H,15H2,1-2H3. The normalized spacial score (nSPS) is 11.8. The first-order chi connectivity index (χ1) is 7.88. The fraction of sp³-hybridized carbons (Fsp3) is 0.250. The maximum absolute atomic E-state index is 6.09. The number of nitrogens with two attached hydrogens (primary N) is 1. The van der Waals surface area contributed by atoms with Crippen molar-refractivity contribution in [2.75, 3.05) is 0 Å². The molecule has 2 N–H and O–H groups in total. The van der Waals surface area contributed by atoms with Gasteiger partial charge in [0, 0.05) is 15.7 Å². The van der Waals surface area contributed by atoms with Crippen molar-refractivity contribution in [3.05, 3.63) is 46.5 Å². The van der Waals surface area contributed by atoms with Gasteiger partial charge in [-0.2, -0.15) is 0 Å². The molecule has 90 valence electrons. The van der Waals surface area contributed by atoms with E-state index in [0.29, 0.717) is 10.0 Å². The van der Waals surface area contributed by atoms with Gasteiger partial charge >= 0.3 is 0 Å². The molecule has 0 bridgehead atoms. The van der Waals surface area contributed by atoms with Crippen molar-refractivity contribution >= 4 is 23.2 Å². The second-order valence-corrected chi connectivity index (χ2v) is 5.37. The van der Waals surface area contributed by atoms with Crippen molar-refractivity contribution in [1.29, 1.82) is 0 Å². The first kappa shape index (κ1) is 12.4. The van der Waals surface area contributed by atoms with Gasteiger partial charge in [0.15, 0.2) is 0 Å². The lowest BCUT2D eigenvalue weighted by atomic mass is 10.0. The van der Waals surface area contributed by atoms with Crippen LogP contribution in [-0.4, -0.2) is 9.55 Å². The lowest BCUT2D eigenvalue weighted by molar-refractivity contribution is 0.524. The molecule has 1 aromatic carbocycles. The topological polar surface area (TPSA) is 43.8 Å². The molecule has 17 heavy (non-hydrogen) atoms. The summed E-state index contributed by atoms with van der Waals surface area (Å²) >= 11 is 12.0. The lowest BCUT2D eigenvalue weighted by Crippen LogP contribution is -2.31. The van der Waals surface area contributed by atoms with E-state index in [2.05, 4.69) is 4.98 Å². The average molecular weight is 270 g/mol. The van der Waals surface area contributed by atoms with E-state index in [4.69, 9.17) is 28.9 Å². The van der Waals surface area contributed by atoms with Crippen molar-refractivity contribution in [3.8, 4) is 5.69 Å². The Balaban J connectivity index is 2.57. The van der Waals surface area contributed by atoms with Gasteiger partial charge in [0.05, 0.1) is 23.8 Å². The Morgan fingerprint density at radius 3 is 2.29 bits per heavy atom. The number of imidazole rings is 1. The summed E-state index contributed by atoms with van der Waals surface area (Å²) in [5.74, 6) is 0. The van der Waals surface area contributed by atoms with Gasteiger partial charge < -0.3 is 10.3 Å². The highest BCUT2D eigenvalue weighted by molar-refractivity contribution is 6.34. The van der Waals surface area contributed by atoms with Gasteiger partial charge in [-0.3, -0.25) is 0 Å². The predicted molar refractivity (Wildman–Crippen MR) is 70.8 cm³/mol. The fourth-order valence-corrected chi connectivity index (χ4v) is 2.17. The Hall–Kier alpha value is -1.03. The largest absolute Gasteiger partial charge is 0.321 e. The molecule has 0 fully saturated rings. The van der Waals surface area contributed by atoms with E-state index < -0.39 is 5.54 Å². The zero-order valence-electron chi connectivity index (χ0n) is 9.61. The monoisotopic (exact) mass is 269 g/mol. The maximum atomic E-state index is 6.09. The van der Waals surface area contributed by atoms with E-state index in [-0.39, 0.29) is 0 Å². The van der Waals surface area contributed by atoms with Crippen molar-refractivity contribution in [2.24, 2.45) is 5.73 Å². The quantitative estimate of drug-likeness (QED) is 0.909. The molecule has 0 atom stereocenters. The van der Waals surface area contributed by atoms with Crippen LogP contribution in [0.4, 0.5) is 0 Å². The number of rotatable bonds is 2. The van der Waals surface area contributed by atoms with Gasteiger partial charge in [-0.1, -0.05) is 23.2 Å². The summed E-state index contributed by atoms with van der Waals surface area (Å²) in [4.78, 5) is 4.12. The summed E-state index contributed by atoms with van der Waals surface area (Å²) in [5.41, 5.74) is 7.36. The van der Waals surface area contributed by atoms with Crippen LogP contribution in [0.3, 0.4) is 0 Å². The summed E-state index contributed by atoms with van der Waals surface area (Å²) in [6.07, 6.45) is 3.45. The molecule has 0 aliphatic carbocycles. The zero-order valence-corrected chi connectivity index (χ0v) is 11.1. The Kier molecular flexibility index (Phi) is 3.17. The van der Waals surface area contributed by atoms with Crippen molar-refractivity contribution in [2.45, 2.75) is 19.4 Å². The van der Waals surface area contributed by atoms with Gasteiger partial charge in [0.25, 0.3) is 0 Å². The third-order valence-corrected chi connectivity index (χ3v) is 2.86. The van der Waals surface area contributed by atoms with E-state index in [1.165, 1.54) is 0 Å². The van der Waals surface area contributed by atoms with Gasteiger partial charge in [0.2, 0.25) is 0 Å². The second-order valence-electron chi connectivity index (χ2n) is 4.50. The summed E-state index contributed by atoms with van der Waals surface area (Å²) in [6.45, 7) is 3.85. The Bertz CT molecular complexity index is 521. The van der Waals surface area contributed by atoms with Gasteiger partial charge in [-0.05, 0) is 32.0 Å². The molecule has 2 rings (SSSR count). The first-order valence-corrected chi connectivity index (χ1v) is 5.92. The molecule has 0 saturated heterocycles. The summed E-state index contributed by atoms with van der Waals surface area (Å²) in [6, 6.07) is 5.34. The maximum Gasteiger partial charge on any atom is 0.0994 e. The molecule has 0 unspecified atom stereocenters. The highest BCUT2D eigenvalue weighted by atomic mass is 35.5. The van der Waals surface area contributed by atoms with Crippen molar-refractivity contribution in [3.63, 3.8) is 0 Å². The van der Waals surface area contributed by atoms with Gasteiger partial charge in [0.1, 0.15) is 0 Å². The average Bonchev–Trinajstić information content (AvgIpc) is 2.63. The third-order valence-electron chi connectivity index (χ3n) is 2.42. The molecule has 3 nitrogen and oxygen atoms in total. The van der Waals surface area contributed by atoms with E-state index >= 15 is 0 Å². The van der Waals surface area contributed by atoms with Crippen LogP contribution in [0, 0.1) is 0 Å². The molecular formula is C12H13Cl2N3. The van der Waals surface area contributed by atoms with E-state index in [9.17, 15) is 0 Å². The molecule has 2 aromatic rings. The van der Waals surface area contributed by atoms with Crippen LogP contribution in [0.25, 0.3) is 5.69 Å². The van der Waals surface area contributed by atoms with Crippen LogP contribution >= 0.6 is 23.2 Å². The van der Waals surface area contributed by atoms with Crippen LogP contribution < -0.4 is 5.73 Å². The Morgan fingerprint density at radius 2 is 1.76 bits per heavy atom. The highest BCUT2D eigenvalue weighted by Crippen LogP contribution is 2.25. The molecule has 0 amide bonds. The summed E-state index contributed by atoms with van der Waals surface area (Å²) in [5, 5.41) is 1.17. The molecule has 5 heteroatoms. The minimum absolute atomic E-state index is 0.481. The zero-order chi connectivity index (χ0) is 12.6. The van der Waals surface area contributed by atoms with E-state index in [1.807, 2.05) is 30.5 Å².